The summed E-state index contributed by atoms with van der Waals surface area (Å²) in [6.07, 6.45) is 2.14. The van der Waals surface area contributed by atoms with Gasteiger partial charge in [-0.15, -0.1) is 0 Å². The van der Waals surface area contributed by atoms with Crippen molar-refractivity contribution in [1.82, 2.24) is 14.9 Å². The molecule has 1 aromatic carbocycles. The van der Waals surface area contributed by atoms with E-state index < -0.39 is 0 Å². The topological polar surface area (TPSA) is 65.7 Å². The molecule has 7 nitrogen and oxygen atoms in total. The SMILES string of the molecule is CN(C)c1ccc(CC(=O)N2CCN(c3nc4ncccc4o3)CC2)cc1. The Hall–Kier alpha value is -3.09. The molecular formula is C20H23N5O2. The summed E-state index contributed by atoms with van der Waals surface area (Å²) in [7, 11) is 4.01. The first-order valence-electron chi connectivity index (χ1n) is 9.11. The van der Waals surface area contributed by atoms with Gasteiger partial charge in [0.2, 0.25) is 11.6 Å². The zero-order valence-corrected chi connectivity index (χ0v) is 15.6. The number of hydrogen-bond acceptors (Lipinski definition) is 6. The number of rotatable bonds is 4. The quantitative estimate of drug-likeness (QED) is 0.706. The average molecular weight is 365 g/mol. The standard InChI is InChI=1S/C20H23N5O2/c1-23(2)16-7-5-15(6-8-16)14-18(26)24-10-12-25(13-11-24)20-22-19-17(27-20)4-3-9-21-19/h3-9H,10-14H2,1-2H3. The summed E-state index contributed by atoms with van der Waals surface area (Å²) >= 11 is 0. The molecule has 1 aliphatic rings. The van der Waals surface area contributed by atoms with E-state index in [4.69, 9.17) is 4.42 Å². The molecule has 0 spiro atoms. The smallest absolute Gasteiger partial charge is 0.300 e. The lowest BCUT2D eigenvalue weighted by Gasteiger charge is -2.33. The van der Waals surface area contributed by atoms with Crippen LogP contribution in [0.25, 0.3) is 11.2 Å². The Morgan fingerprint density at radius 3 is 2.52 bits per heavy atom. The number of fused-ring (bicyclic) bond motifs is 1. The number of amides is 1. The van der Waals surface area contributed by atoms with Crippen molar-refractivity contribution in [3.8, 4) is 0 Å². The molecule has 0 aliphatic carbocycles. The van der Waals surface area contributed by atoms with Crippen LogP contribution in [0.5, 0.6) is 0 Å². The van der Waals surface area contributed by atoms with E-state index in [1.807, 2.05) is 60.3 Å². The van der Waals surface area contributed by atoms with Crippen molar-refractivity contribution >= 4 is 28.8 Å². The van der Waals surface area contributed by atoms with Crippen molar-refractivity contribution in [1.29, 1.82) is 0 Å². The van der Waals surface area contributed by atoms with Gasteiger partial charge < -0.3 is 19.1 Å². The molecule has 1 aliphatic heterocycles. The number of carbonyl (C=O) groups is 1. The summed E-state index contributed by atoms with van der Waals surface area (Å²) in [4.78, 5) is 27.3. The number of hydrogen-bond donors (Lipinski definition) is 0. The lowest BCUT2D eigenvalue weighted by molar-refractivity contribution is -0.130. The fourth-order valence-corrected chi connectivity index (χ4v) is 3.24. The van der Waals surface area contributed by atoms with Crippen LogP contribution in [0.1, 0.15) is 5.56 Å². The van der Waals surface area contributed by atoms with Gasteiger partial charge in [0.05, 0.1) is 6.42 Å². The third kappa shape index (κ3) is 3.72. The summed E-state index contributed by atoms with van der Waals surface area (Å²) in [5.74, 6) is 0.159. The molecular weight excluding hydrogens is 342 g/mol. The molecule has 1 saturated heterocycles. The maximum Gasteiger partial charge on any atom is 0.300 e. The predicted octanol–water partition coefficient (Wildman–Crippen LogP) is 2.18. The van der Waals surface area contributed by atoms with E-state index in [1.54, 1.807) is 6.20 Å². The predicted molar refractivity (Wildman–Crippen MR) is 105 cm³/mol. The molecule has 27 heavy (non-hydrogen) atoms. The molecule has 2 aromatic heterocycles. The minimum absolute atomic E-state index is 0.159. The van der Waals surface area contributed by atoms with Crippen molar-refractivity contribution in [3.63, 3.8) is 0 Å². The fourth-order valence-electron chi connectivity index (χ4n) is 3.24. The molecule has 0 bridgehead atoms. The fraction of sp³-hybridized carbons (Fsp3) is 0.350. The van der Waals surface area contributed by atoms with Gasteiger partial charge in [0.25, 0.3) is 6.01 Å². The molecule has 7 heteroatoms. The molecule has 0 N–H and O–H groups in total. The molecule has 0 saturated carbocycles. The van der Waals surface area contributed by atoms with E-state index in [2.05, 4.69) is 14.9 Å². The number of nitrogens with zero attached hydrogens (tertiary/aromatic N) is 5. The van der Waals surface area contributed by atoms with E-state index >= 15 is 0 Å². The van der Waals surface area contributed by atoms with Gasteiger partial charge >= 0.3 is 0 Å². The highest BCUT2D eigenvalue weighted by molar-refractivity contribution is 5.79. The maximum absolute atomic E-state index is 12.6. The van der Waals surface area contributed by atoms with Gasteiger partial charge in [-0.25, -0.2) is 4.98 Å². The largest absolute Gasteiger partial charge is 0.422 e. The third-order valence-electron chi connectivity index (χ3n) is 4.86. The Bertz CT molecular complexity index is 894. The lowest BCUT2D eigenvalue weighted by atomic mass is 10.1. The van der Waals surface area contributed by atoms with Gasteiger partial charge in [0.1, 0.15) is 0 Å². The van der Waals surface area contributed by atoms with Crippen molar-refractivity contribution in [2.24, 2.45) is 0 Å². The van der Waals surface area contributed by atoms with Crippen molar-refractivity contribution in [2.75, 3.05) is 50.1 Å². The Labute approximate surface area is 158 Å². The Kier molecular flexibility index (Phi) is 4.66. The molecule has 0 unspecified atom stereocenters. The normalized spacial score (nSPS) is 14.6. The van der Waals surface area contributed by atoms with E-state index in [-0.39, 0.29) is 5.91 Å². The lowest BCUT2D eigenvalue weighted by Crippen LogP contribution is -2.49. The number of piperazine rings is 1. The minimum Gasteiger partial charge on any atom is -0.422 e. The summed E-state index contributed by atoms with van der Waals surface area (Å²) in [5, 5.41) is 0. The van der Waals surface area contributed by atoms with Crippen molar-refractivity contribution in [3.05, 3.63) is 48.2 Å². The van der Waals surface area contributed by atoms with Crippen LogP contribution in [0, 0.1) is 0 Å². The molecule has 0 atom stereocenters. The van der Waals surface area contributed by atoms with Gasteiger partial charge in [-0.05, 0) is 29.8 Å². The number of anilines is 2. The maximum atomic E-state index is 12.6. The highest BCUT2D eigenvalue weighted by Gasteiger charge is 2.24. The second-order valence-electron chi connectivity index (χ2n) is 6.93. The van der Waals surface area contributed by atoms with Crippen LogP contribution in [-0.4, -0.2) is 61.0 Å². The van der Waals surface area contributed by atoms with Gasteiger partial charge in [-0.2, -0.15) is 4.98 Å². The number of oxazole rings is 1. The van der Waals surface area contributed by atoms with Gasteiger partial charge in [-0.1, -0.05) is 12.1 Å². The highest BCUT2D eigenvalue weighted by Crippen LogP contribution is 2.21. The Balaban J connectivity index is 1.34. The first kappa shape index (κ1) is 17.3. The van der Waals surface area contributed by atoms with E-state index in [0.29, 0.717) is 49.8 Å². The van der Waals surface area contributed by atoms with Crippen LogP contribution in [0.2, 0.25) is 0 Å². The van der Waals surface area contributed by atoms with Crippen LogP contribution in [-0.2, 0) is 11.2 Å². The average Bonchev–Trinajstić information content (AvgIpc) is 3.13. The third-order valence-corrected chi connectivity index (χ3v) is 4.86. The first-order chi connectivity index (χ1) is 13.1. The summed E-state index contributed by atoms with van der Waals surface area (Å²) in [5.41, 5.74) is 3.48. The first-order valence-corrected chi connectivity index (χ1v) is 9.11. The summed E-state index contributed by atoms with van der Waals surface area (Å²) in [6.45, 7) is 2.75. The Morgan fingerprint density at radius 2 is 1.85 bits per heavy atom. The summed E-state index contributed by atoms with van der Waals surface area (Å²) < 4.78 is 5.77. The van der Waals surface area contributed by atoms with Crippen LogP contribution < -0.4 is 9.80 Å². The minimum atomic E-state index is 0.159. The van der Waals surface area contributed by atoms with E-state index in [9.17, 15) is 4.79 Å². The van der Waals surface area contributed by atoms with Gasteiger partial charge in [0.15, 0.2) is 5.58 Å². The molecule has 1 fully saturated rings. The van der Waals surface area contributed by atoms with Crippen molar-refractivity contribution < 1.29 is 9.21 Å². The van der Waals surface area contributed by atoms with Crippen molar-refractivity contribution in [2.45, 2.75) is 6.42 Å². The van der Waals surface area contributed by atoms with Crippen LogP contribution in [0.15, 0.2) is 47.0 Å². The zero-order valence-electron chi connectivity index (χ0n) is 15.6. The molecule has 3 heterocycles. The second kappa shape index (κ2) is 7.26. The monoisotopic (exact) mass is 365 g/mol. The van der Waals surface area contributed by atoms with Crippen LogP contribution in [0.3, 0.4) is 0 Å². The molecule has 140 valence electrons. The number of aromatic nitrogens is 2. The molecule has 4 rings (SSSR count). The van der Waals surface area contributed by atoms with Crippen LogP contribution >= 0.6 is 0 Å². The zero-order chi connectivity index (χ0) is 18.8. The second-order valence-corrected chi connectivity index (χ2v) is 6.93. The molecule has 0 radical (unpaired) electrons. The molecule has 1 amide bonds. The molecule has 3 aromatic rings. The number of carbonyl (C=O) groups excluding carboxylic acids is 1. The highest BCUT2D eigenvalue weighted by atomic mass is 16.4. The van der Waals surface area contributed by atoms with E-state index in [1.165, 1.54) is 0 Å². The van der Waals surface area contributed by atoms with Crippen LogP contribution in [0.4, 0.5) is 11.7 Å². The van der Waals surface area contributed by atoms with Gasteiger partial charge in [0, 0.05) is 52.2 Å². The number of pyridine rings is 1. The van der Waals surface area contributed by atoms with Gasteiger partial charge in [-0.3, -0.25) is 4.79 Å². The summed E-state index contributed by atoms with van der Waals surface area (Å²) in [6, 6.07) is 12.4. The Morgan fingerprint density at radius 1 is 1.11 bits per heavy atom. The number of benzene rings is 1. The van der Waals surface area contributed by atoms with E-state index in [0.717, 1.165) is 11.3 Å².